The molecule has 1 fully saturated rings. The lowest BCUT2D eigenvalue weighted by Gasteiger charge is -2.43. The molecule has 2 aromatic rings. The number of hydrogen-bond acceptors (Lipinski definition) is 4. The first kappa shape index (κ1) is 16.9. The van der Waals surface area contributed by atoms with Crippen LogP contribution in [-0.4, -0.2) is 50.7 Å². The van der Waals surface area contributed by atoms with Crippen LogP contribution in [0.1, 0.15) is 24.5 Å². The van der Waals surface area contributed by atoms with E-state index >= 15 is 0 Å². The Morgan fingerprint density at radius 2 is 2.16 bits per heavy atom. The van der Waals surface area contributed by atoms with Gasteiger partial charge in [0, 0.05) is 50.7 Å². The second-order valence-corrected chi connectivity index (χ2v) is 8.34. The minimum Gasteiger partial charge on any atom is -0.334 e. The molecule has 0 N–H and O–H groups in total. The van der Waals surface area contributed by atoms with Crippen LogP contribution in [0.15, 0.2) is 29.3 Å². The molecule has 2 aliphatic heterocycles. The minimum atomic E-state index is 0.123. The Morgan fingerprint density at radius 3 is 2.92 bits per heavy atom. The number of rotatable bonds is 5. The maximum absolute atomic E-state index is 13.1. The highest BCUT2D eigenvalue weighted by Gasteiger charge is 2.34. The summed E-state index contributed by atoms with van der Waals surface area (Å²) in [7, 11) is 1.94. The summed E-state index contributed by atoms with van der Waals surface area (Å²) in [6.07, 6.45) is 8.29. The Hall–Kier alpha value is -1.53. The van der Waals surface area contributed by atoms with Crippen LogP contribution in [0.4, 0.5) is 0 Å². The van der Waals surface area contributed by atoms with Crippen molar-refractivity contribution >= 4 is 11.8 Å². The van der Waals surface area contributed by atoms with Crippen molar-refractivity contribution in [1.82, 2.24) is 19.0 Å². The van der Waals surface area contributed by atoms with Gasteiger partial charge in [-0.25, -0.2) is 4.98 Å². The van der Waals surface area contributed by atoms with Crippen molar-refractivity contribution in [3.05, 3.63) is 40.6 Å². The number of imidazole rings is 1. The van der Waals surface area contributed by atoms with E-state index in [0.717, 1.165) is 25.5 Å². The van der Waals surface area contributed by atoms with Crippen LogP contribution in [0.5, 0.6) is 0 Å². The summed E-state index contributed by atoms with van der Waals surface area (Å²) in [4.78, 5) is 20.0. The van der Waals surface area contributed by atoms with Crippen molar-refractivity contribution in [2.24, 2.45) is 13.0 Å². The molecule has 0 spiro atoms. The van der Waals surface area contributed by atoms with Crippen LogP contribution in [0.2, 0.25) is 0 Å². The van der Waals surface area contributed by atoms with Gasteiger partial charge in [0.1, 0.15) is 5.82 Å². The fourth-order valence-corrected chi connectivity index (χ4v) is 4.87. The van der Waals surface area contributed by atoms with Gasteiger partial charge in [-0.2, -0.15) is 11.8 Å². The van der Waals surface area contributed by atoms with Gasteiger partial charge >= 0.3 is 0 Å². The van der Waals surface area contributed by atoms with Gasteiger partial charge in [-0.1, -0.05) is 0 Å². The number of aromatic nitrogens is 3. The van der Waals surface area contributed by atoms with E-state index in [1.165, 1.54) is 30.8 Å². The van der Waals surface area contributed by atoms with E-state index in [0.29, 0.717) is 17.4 Å². The molecular weight excluding hydrogens is 332 g/mol. The summed E-state index contributed by atoms with van der Waals surface area (Å²) in [5, 5.41) is 0. The molecule has 25 heavy (non-hydrogen) atoms. The van der Waals surface area contributed by atoms with Crippen molar-refractivity contribution in [1.29, 1.82) is 0 Å². The molecule has 0 aliphatic carbocycles. The second kappa shape index (κ2) is 7.00. The van der Waals surface area contributed by atoms with E-state index in [1.54, 1.807) is 6.20 Å². The van der Waals surface area contributed by atoms with Gasteiger partial charge in [0.2, 0.25) is 0 Å². The summed E-state index contributed by atoms with van der Waals surface area (Å²) in [5.41, 5.74) is 2.05. The minimum absolute atomic E-state index is 0.123. The van der Waals surface area contributed by atoms with Gasteiger partial charge in [0.25, 0.3) is 5.56 Å². The Bertz CT molecular complexity index is 812. The molecule has 1 saturated heterocycles. The van der Waals surface area contributed by atoms with Crippen molar-refractivity contribution < 1.29 is 0 Å². The molecular formula is C19H26N4OS. The van der Waals surface area contributed by atoms with Gasteiger partial charge in [0.15, 0.2) is 0 Å². The number of thioether (sulfide) groups is 1. The number of piperidine rings is 1. The largest absolute Gasteiger partial charge is 0.334 e. The fourth-order valence-electron chi connectivity index (χ4n) is 4.46. The van der Waals surface area contributed by atoms with E-state index in [-0.39, 0.29) is 5.56 Å². The number of hydrogen-bond donors (Lipinski definition) is 0. The molecule has 0 radical (unpaired) electrons. The monoisotopic (exact) mass is 358 g/mol. The Kier molecular flexibility index (Phi) is 4.73. The van der Waals surface area contributed by atoms with Gasteiger partial charge in [-0.05, 0) is 49.4 Å². The van der Waals surface area contributed by atoms with Crippen LogP contribution < -0.4 is 5.56 Å². The van der Waals surface area contributed by atoms with Crippen molar-refractivity contribution in [3.8, 4) is 11.4 Å². The molecule has 0 amide bonds. The van der Waals surface area contributed by atoms with Crippen LogP contribution in [0.25, 0.3) is 11.4 Å². The average Bonchev–Trinajstić information content (AvgIpc) is 3.02. The van der Waals surface area contributed by atoms with Crippen LogP contribution in [0, 0.1) is 5.92 Å². The first-order valence-electron chi connectivity index (χ1n) is 9.10. The summed E-state index contributed by atoms with van der Waals surface area (Å²) in [6, 6.07) is 4.14. The SMILES string of the molecule is CSCCCN1C[C@@H]2C[C@H](C1)c1ccc(-c3nccn3C)c(=O)n1C2. The van der Waals surface area contributed by atoms with Gasteiger partial charge in [-0.3, -0.25) is 4.79 Å². The maximum Gasteiger partial charge on any atom is 0.261 e. The van der Waals surface area contributed by atoms with E-state index in [1.807, 2.05) is 40.2 Å². The quantitative estimate of drug-likeness (QED) is 0.770. The molecule has 0 saturated carbocycles. The van der Waals surface area contributed by atoms with Gasteiger partial charge in [0.05, 0.1) is 5.56 Å². The molecule has 6 heteroatoms. The standard InChI is InChI=1S/C19H26N4OS/c1-21-8-6-20-18(21)16-4-5-17-15-10-14(12-23(17)19(16)24)11-22(13-15)7-3-9-25-2/h4-6,8,14-15H,3,7,9-13H2,1-2H3/t14-,15+/m0/s1. The summed E-state index contributed by atoms with van der Waals surface area (Å²) >= 11 is 1.92. The highest BCUT2D eigenvalue weighted by Crippen LogP contribution is 2.35. The predicted octanol–water partition coefficient (Wildman–Crippen LogP) is 2.42. The molecule has 4 rings (SSSR count). The third-order valence-electron chi connectivity index (χ3n) is 5.56. The number of aryl methyl sites for hydroxylation is 1. The third-order valence-corrected chi connectivity index (χ3v) is 6.26. The number of fused-ring (bicyclic) bond motifs is 4. The average molecular weight is 359 g/mol. The van der Waals surface area contributed by atoms with E-state index in [9.17, 15) is 4.79 Å². The lowest BCUT2D eigenvalue weighted by Crippen LogP contribution is -2.47. The molecule has 134 valence electrons. The van der Waals surface area contributed by atoms with Crippen LogP contribution >= 0.6 is 11.8 Å². The first-order valence-corrected chi connectivity index (χ1v) is 10.5. The topological polar surface area (TPSA) is 43.1 Å². The fraction of sp³-hybridized carbons (Fsp3) is 0.579. The van der Waals surface area contributed by atoms with E-state index in [2.05, 4.69) is 22.2 Å². The number of likely N-dealkylation sites (tertiary alicyclic amines) is 1. The normalized spacial score (nSPS) is 22.8. The predicted molar refractivity (Wildman–Crippen MR) is 103 cm³/mol. The van der Waals surface area contributed by atoms with Crippen molar-refractivity contribution in [2.45, 2.75) is 25.3 Å². The first-order chi connectivity index (χ1) is 12.2. The zero-order chi connectivity index (χ0) is 17.4. The van der Waals surface area contributed by atoms with Crippen molar-refractivity contribution in [2.75, 3.05) is 31.6 Å². The molecule has 2 aliphatic rings. The summed E-state index contributed by atoms with van der Waals surface area (Å²) in [5.74, 6) is 3.07. The lowest BCUT2D eigenvalue weighted by molar-refractivity contribution is 0.121. The summed E-state index contributed by atoms with van der Waals surface area (Å²) < 4.78 is 3.95. The van der Waals surface area contributed by atoms with Gasteiger partial charge < -0.3 is 14.0 Å². The molecule has 2 atom stereocenters. The smallest absolute Gasteiger partial charge is 0.261 e. The highest BCUT2D eigenvalue weighted by molar-refractivity contribution is 7.98. The Morgan fingerprint density at radius 1 is 1.28 bits per heavy atom. The Balaban J connectivity index is 1.61. The van der Waals surface area contributed by atoms with Crippen LogP contribution in [-0.2, 0) is 13.6 Å². The van der Waals surface area contributed by atoms with Gasteiger partial charge in [-0.15, -0.1) is 0 Å². The molecule has 2 aromatic heterocycles. The van der Waals surface area contributed by atoms with Crippen molar-refractivity contribution in [3.63, 3.8) is 0 Å². The molecule has 5 nitrogen and oxygen atoms in total. The number of pyridine rings is 1. The third kappa shape index (κ3) is 3.17. The molecule has 0 unspecified atom stereocenters. The molecule has 4 heterocycles. The second-order valence-electron chi connectivity index (χ2n) is 7.35. The molecule has 2 bridgehead atoms. The van der Waals surface area contributed by atoms with Crippen LogP contribution in [0.3, 0.4) is 0 Å². The highest BCUT2D eigenvalue weighted by atomic mass is 32.2. The zero-order valence-electron chi connectivity index (χ0n) is 15.0. The number of nitrogens with zero attached hydrogens (tertiary/aromatic N) is 4. The van der Waals surface area contributed by atoms with E-state index < -0.39 is 0 Å². The summed E-state index contributed by atoms with van der Waals surface area (Å²) in [6.45, 7) is 4.25. The Labute approximate surface area is 153 Å². The zero-order valence-corrected chi connectivity index (χ0v) is 15.8. The molecule has 0 aromatic carbocycles. The maximum atomic E-state index is 13.1. The van der Waals surface area contributed by atoms with E-state index in [4.69, 9.17) is 0 Å². The lowest BCUT2D eigenvalue weighted by atomic mass is 9.83.